The predicted octanol–water partition coefficient (Wildman–Crippen LogP) is 2.02. The molecule has 0 unspecified atom stereocenters. The van der Waals surface area contributed by atoms with Crippen molar-refractivity contribution in [3.8, 4) is 5.75 Å². The van der Waals surface area contributed by atoms with Gasteiger partial charge in [0.2, 0.25) is 11.8 Å². The number of hydrogen-bond acceptors (Lipinski definition) is 4. The molecular weight excluding hydrogens is 337 g/mol. The number of nitrogens with zero attached hydrogens (tertiary/aromatic N) is 1. The highest BCUT2D eigenvalue weighted by Crippen LogP contribution is 2.14. The van der Waals surface area contributed by atoms with Crippen LogP contribution in [0.4, 0.5) is 10.1 Å². The lowest BCUT2D eigenvalue weighted by atomic mass is 10.2. The van der Waals surface area contributed by atoms with Crippen molar-refractivity contribution in [2.75, 3.05) is 32.6 Å². The summed E-state index contributed by atoms with van der Waals surface area (Å²) >= 11 is 0. The minimum atomic E-state index is -0.361. The lowest BCUT2D eigenvalue weighted by molar-refractivity contribution is -0.123. The van der Waals surface area contributed by atoms with Crippen molar-refractivity contribution in [1.29, 1.82) is 0 Å². The van der Waals surface area contributed by atoms with Gasteiger partial charge in [0, 0.05) is 17.8 Å². The fraction of sp³-hybridized carbons (Fsp3) is 0.263. The van der Waals surface area contributed by atoms with Crippen LogP contribution in [0.15, 0.2) is 48.5 Å². The van der Waals surface area contributed by atoms with Gasteiger partial charge >= 0.3 is 0 Å². The molecule has 2 aromatic rings. The minimum Gasteiger partial charge on any atom is -0.497 e. The summed E-state index contributed by atoms with van der Waals surface area (Å²) in [7, 11) is 3.23. The number of halogens is 1. The number of rotatable bonds is 8. The second-order valence-electron chi connectivity index (χ2n) is 5.82. The quantitative estimate of drug-likeness (QED) is 0.757. The number of likely N-dealkylation sites (N-methyl/N-ethyl adjacent to an activating group) is 1. The van der Waals surface area contributed by atoms with E-state index in [1.54, 1.807) is 61.5 Å². The zero-order valence-corrected chi connectivity index (χ0v) is 14.8. The van der Waals surface area contributed by atoms with Gasteiger partial charge in [0.1, 0.15) is 11.6 Å². The average Bonchev–Trinajstić information content (AvgIpc) is 2.61. The van der Waals surface area contributed by atoms with Gasteiger partial charge in [-0.05, 0) is 37.4 Å². The molecule has 2 rings (SSSR count). The molecule has 0 saturated carbocycles. The van der Waals surface area contributed by atoms with Gasteiger partial charge in [-0.1, -0.05) is 18.2 Å². The molecule has 2 aromatic carbocycles. The summed E-state index contributed by atoms with van der Waals surface area (Å²) in [6, 6.07) is 13.2. The van der Waals surface area contributed by atoms with Crippen molar-refractivity contribution >= 4 is 17.5 Å². The number of methoxy groups -OCH3 is 1. The number of carbonyl (C=O) groups excluding carboxylic acids is 2. The Labute approximate surface area is 152 Å². The van der Waals surface area contributed by atoms with Gasteiger partial charge in [0.25, 0.3) is 0 Å². The molecule has 0 bridgehead atoms. The molecule has 0 aliphatic rings. The molecule has 6 nitrogen and oxygen atoms in total. The van der Waals surface area contributed by atoms with Crippen LogP contribution in [-0.4, -0.2) is 44.0 Å². The second kappa shape index (κ2) is 9.53. The van der Waals surface area contributed by atoms with Crippen LogP contribution in [0.25, 0.3) is 0 Å². The van der Waals surface area contributed by atoms with E-state index in [9.17, 15) is 14.0 Å². The number of anilines is 1. The first-order valence-corrected chi connectivity index (χ1v) is 8.10. The van der Waals surface area contributed by atoms with Gasteiger partial charge in [-0.2, -0.15) is 0 Å². The summed E-state index contributed by atoms with van der Waals surface area (Å²) in [5.41, 5.74) is 1.06. The number of carbonyl (C=O) groups is 2. The Morgan fingerprint density at radius 1 is 1.04 bits per heavy atom. The Morgan fingerprint density at radius 3 is 2.35 bits per heavy atom. The number of hydrogen-bond donors (Lipinski definition) is 2. The van der Waals surface area contributed by atoms with Crippen LogP contribution in [0, 0.1) is 5.82 Å². The molecule has 0 saturated heterocycles. The SMILES string of the molecule is COc1ccc(NC(=O)CN(C)CC(=O)NCc2ccccc2F)cc1. The Balaban J connectivity index is 1.74. The molecule has 0 atom stereocenters. The standard InChI is InChI=1S/C19H22FN3O3/c1-23(12-18(24)21-11-14-5-3-4-6-17(14)20)13-19(25)22-15-7-9-16(26-2)10-8-15/h3-10H,11-13H2,1-2H3,(H,21,24)(H,22,25). The zero-order valence-electron chi connectivity index (χ0n) is 14.8. The molecule has 0 aromatic heterocycles. The molecule has 26 heavy (non-hydrogen) atoms. The summed E-state index contributed by atoms with van der Waals surface area (Å²) in [5.74, 6) is -0.181. The fourth-order valence-corrected chi connectivity index (χ4v) is 2.31. The molecule has 0 spiro atoms. The molecule has 2 amide bonds. The number of benzene rings is 2. The summed E-state index contributed by atoms with van der Waals surface area (Å²) in [5, 5.41) is 5.39. The van der Waals surface area contributed by atoms with Gasteiger partial charge in [-0.25, -0.2) is 4.39 Å². The molecule has 0 aliphatic heterocycles. The maximum atomic E-state index is 13.5. The normalized spacial score (nSPS) is 10.5. The minimum absolute atomic E-state index is 0.0322. The van der Waals surface area contributed by atoms with Crippen LogP contribution < -0.4 is 15.4 Å². The van der Waals surface area contributed by atoms with E-state index < -0.39 is 0 Å². The van der Waals surface area contributed by atoms with E-state index >= 15 is 0 Å². The van der Waals surface area contributed by atoms with Gasteiger partial charge in [0.15, 0.2) is 0 Å². The Morgan fingerprint density at radius 2 is 1.69 bits per heavy atom. The highest BCUT2D eigenvalue weighted by atomic mass is 19.1. The van der Waals surface area contributed by atoms with E-state index in [0.717, 1.165) is 0 Å². The monoisotopic (exact) mass is 359 g/mol. The van der Waals surface area contributed by atoms with Gasteiger partial charge in [0.05, 0.1) is 20.2 Å². The third kappa shape index (κ3) is 6.18. The molecule has 0 aliphatic carbocycles. The van der Waals surface area contributed by atoms with Crippen molar-refractivity contribution < 1.29 is 18.7 Å². The second-order valence-corrected chi connectivity index (χ2v) is 5.82. The first-order chi connectivity index (χ1) is 12.5. The summed E-state index contributed by atoms with van der Waals surface area (Å²) in [4.78, 5) is 25.5. The number of nitrogens with one attached hydrogen (secondary N) is 2. The maximum absolute atomic E-state index is 13.5. The first kappa shape index (κ1) is 19.4. The summed E-state index contributed by atoms with van der Waals surface area (Å²) < 4.78 is 18.6. The van der Waals surface area contributed by atoms with Gasteiger partial charge < -0.3 is 15.4 Å². The Kier molecular flexibility index (Phi) is 7.11. The van der Waals surface area contributed by atoms with Crippen LogP contribution in [-0.2, 0) is 16.1 Å². The van der Waals surface area contributed by atoms with E-state index in [4.69, 9.17) is 4.74 Å². The smallest absolute Gasteiger partial charge is 0.238 e. The van der Waals surface area contributed by atoms with E-state index in [2.05, 4.69) is 10.6 Å². The fourth-order valence-electron chi connectivity index (χ4n) is 2.31. The highest BCUT2D eigenvalue weighted by molar-refractivity contribution is 5.92. The van der Waals surface area contributed by atoms with Crippen LogP contribution in [0.3, 0.4) is 0 Å². The van der Waals surface area contributed by atoms with Crippen molar-refractivity contribution in [2.45, 2.75) is 6.54 Å². The Bertz CT molecular complexity index is 750. The molecule has 138 valence electrons. The summed E-state index contributed by atoms with van der Waals surface area (Å²) in [6.07, 6.45) is 0. The van der Waals surface area contributed by atoms with Crippen LogP contribution in [0.5, 0.6) is 5.75 Å². The molecular formula is C19H22FN3O3. The molecule has 0 heterocycles. The van der Waals surface area contributed by atoms with E-state index in [0.29, 0.717) is 17.0 Å². The van der Waals surface area contributed by atoms with Crippen LogP contribution in [0.1, 0.15) is 5.56 Å². The topological polar surface area (TPSA) is 70.7 Å². The lowest BCUT2D eigenvalue weighted by Gasteiger charge is -2.16. The van der Waals surface area contributed by atoms with Crippen molar-refractivity contribution in [1.82, 2.24) is 10.2 Å². The average molecular weight is 359 g/mol. The summed E-state index contributed by atoms with van der Waals surface area (Å²) in [6.45, 7) is 0.195. The zero-order chi connectivity index (χ0) is 18.9. The third-order valence-electron chi connectivity index (χ3n) is 3.63. The van der Waals surface area contributed by atoms with E-state index in [1.807, 2.05) is 0 Å². The number of ether oxygens (including phenoxy) is 1. The van der Waals surface area contributed by atoms with Crippen LogP contribution >= 0.6 is 0 Å². The van der Waals surface area contributed by atoms with E-state index in [-0.39, 0.29) is 37.3 Å². The first-order valence-electron chi connectivity index (χ1n) is 8.10. The highest BCUT2D eigenvalue weighted by Gasteiger charge is 2.11. The van der Waals surface area contributed by atoms with Crippen molar-refractivity contribution in [3.05, 3.63) is 59.9 Å². The molecule has 0 fully saturated rings. The molecule has 0 radical (unpaired) electrons. The van der Waals surface area contributed by atoms with Gasteiger partial charge in [-0.15, -0.1) is 0 Å². The van der Waals surface area contributed by atoms with Crippen molar-refractivity contribution in [2.24, 2.45) is 0 Å². The van der Waals surface area contributed by atoms with Gasteiger partial charge in [-0.3, -0.25) is 14.5 Å². The predicted molar refractivity (Wildman–Crippen MR) is 97.4 cm³/mol. The third-order valence-corrected chi connectivity index (χ3v) is 3.63. The van der Waals surface area contributed by atoms with Crippen molar-refractivity contribution in [3.63, 3.8) is 0 Å². The lowest BCUT2D eigenvalue weighted by Crippen LogP contribution is -2.38. The molecule has 2 N–H and O–H groups in total. The largest absolute Gasteiger partial charge is 0.497 e. The number of amides is 2. The Hall–Kier alpha value is -2.93. The van der Waals surface area contributed by atoms with E-state index in [1.165, 1.54) is 6.07 Å². The molecule has 7 heteroatoms. The maximum Gasteiger partial charge on any atom is 0.238 e. The van der Waals surface area contributed by atoms with Crippen LogP contribution in [0.2, 0.25) is 0 Å².